The molecule has 0 spiro atoms. The van der Waals surface area contributed by atoms with Crippen molar-refractivity contribution in [3.05, 3.63) is 74.6 Å². The summed E-state index contributed by atoms with van der Waals surface area (Å²) in [6.07, 6.45) is 16.3. The van der Waals surface area contributed by atoms with Gasteiger partial charge < -0.3 is 50.3 Å². The number of rotatable bonds is 0. The van der Waals surface area contributed by atoms with Gasteiger partial charge in [0.25, 0.3) is 0 Å². The van der Waals surface area contributed by atoms with E-state index in [0.29, 0.717) is 0 Å². The van der Waals surface area contributed by atoms with Crippen LogP contribution < -0.4 is 0 Å². The van der Waals surface area contributed by atoms with Crippen molar-refractivity contribution in [1.82, 2.24) is 0 Å². The molecule has 1 N–H and O–H groups in total. The molecule has 5 heteroatoms. The Hall–Kier alpha value is 0.951. The summed E-state index contributed by atoms with van der Waals surface area (Å²) in [4.78, 5) is 0. The summed E-state index contributed by atoms with van der Waals surface area (Å²) in [7, 11) is 1.86. The Balaban J connectivity index is -0.0000000151. The standard InChI is InChI=1S/C6H12N.C5H5.6CH3.2ClH.H2Si.Ti/c7-6-4-2-1-3-5-6;1-2-4-5-3-1;;;;;;;;;;/h6-7H,1-5H2;1-3H,4H2;6*1H3;2*1H;1H2;/q8*-1;;;;. The Kier molecular flexibility index (Phi) is 128. The Labute approximate surface area is 170 Å². The van der Waals surface area contributed by atoms with Crippen molar-refractivity contribution >= 4 is 32.4 Å². The molecule has 2 aliphatic rings. The summed E-state index contributed by atoms with van der Waals surface area (Å²) in [5.74, 6) is 0. The van der Waals surface area contributed by atoms with E-state index in [1.54, 1.807) is 0 Å². The fourth-order valence-electron chi connectivity index (χ4n) is 1.44. The summed E-state index contributed by atoms with van der Waals surface area (Å²) < 4.78 is 0. The first-order chi connectivity index (χ1) is 6.89. The molecule has 0 heterocycles. The number of halogens is 2. The average molecular weight is 404 g/mol. The van der Waals surface area contributed by atoms with Crippen LogP contribution in [0.5, 0.6) is 0 Å². The first kappa shape index (κ1) is 56.8. The van der Waals surface area contributed by atoms with Crippen molar-refractivity contribution in [1.29, 1.82) is 0 Å². The van der Waals surface area contributed by atoms with Crippen molar-refractivity contribution < 1.29 is 19.2 Å². The third-order valence-corrected chi connectivity index (χ3v) is 2.19. The van der Waals surface area contributed by atoms with Gasteiger partial charge in [-0.05, 0) is 0 Å². The SMILES string of the molecule is Cl.Cl.[C-]1=CC=CC1.[CH3-].[CH3-].[CH3-].[CH3-].[CH3-].[CH3-].[NH-]C1CCCCC1.[SiH2]=[Ti]. The zero-order valence-electron chi connectivity index (χ0n) is 15.6. The molecule has 0 bridgehead atoms. The summed E-state index contributed by atoms with van der Waals surface area (Å²) in [6.45, 7) is 0. The minimum absolute atomic E-state index is 0. The van der Waals surface area contributed by atoms with Crippen LogP contribution in [0.4, 0.5) is 0 Å². The molecule has 0 aliphatic heterocycles. The molecule has 1 saturated carbocycles. The fourth-order valence-corrected chi connectivity index (χ4v) is 1.44. The van der Waals surface area contributed by atoms with Crippen LogP contribution in [-0.2, 0) is 19.2 Å². The predicted octanol–water partition coefficient (Wildman–Crippen LogP) is 6.30. The van der Waals surface area contributed by atoms with Crippen LogP contribution in [-0.4, -0.2) is 13.7 Å². The van der Waals surface area contributed by atoms with Gasteiger partial charge in [0.15, 0.2) is 0 Å². The van der Waals surface area contributed by atoms with Crippen LogP contribution in [0.25, 0.3) is 5.73 Å². The fraction of sp³-hybridized carbons (Fsp3) is 0.412. The van der Waals surface area contributed by atoms with Crippen LogP contribution in [0.3, 0.4) is 0 Å². The molecule has 1 nitrogen and oxygen atoms in total. The van der Waals surface area contributed by atoms with Gasteiger partial charge in [0.1, 0.15) is 0 Å². The second-order valence-corrected chi connectivity index (χ2v) is 3.34. The number of allylic oxidation sites excluding steroid dienone is 4. The molecule has 0 aromatic carbocycles. The van der Waals surface area contributed by atoms with E-state index in [-0.39, 0.29) is 75.4 Å². The van der Waals surface area contributed by atoms with E-state index in [1.807, 2.05) is 39.0 Å². The van der Waals surface area contributed by atoms with E-state index >= 15 is 0 Å². The molecular weight excluding hydrogens is 365 g/mol. The normalized spacial score (nSPS) is 12.2. The summed E-state index contributed by atoms with van der Waals surface area (Å²) in [5, 5.41) is 0. The molecule has 0 radical (unpaired) electrons. The van der Waals surface area contributed by atoms with E-state index in [4.69, 9.17) is 5.73 Å². The van der Waals surface area contributed by atoms with Crippen molar-refractivity contribution in [3.8, 4) is 0 Å². The van der Waals surface area contributed by atoms with E-state index in [0.717, 1.165) is 19.3 Å². The van der Waals surface area contributed by atoms with Gasteiger partial charge in [0.05, 0.1) is 0 Å². The van der Waals surface area contributed by atoms with Crippen molar-refractivity contribution in [2.24, 2.45) is 0 Å². The Morgan fingerprint density at radius 1 is 0.864 bits per heavy atom. The Bertz CT molecular complexity index is 175. The molecule has 1 fully saturated rings. The van der Waals surface area contributed by atoms with Crippen molar-refractivity contribution in [3.63, 3.8) is 0 Å². The number of nitrogens with one attached hydrogen (secondary N) is 1. The van der Waals surface area contributed by atoms with Crippen LogP contribution in [0.2, 0.25) is 0 Å². The second kappa shape index (κ2) is 49.5. The molecule has 22 heavy (non-hydrogen) atoms. The molecule has 0 aromatic rings. The average Bonchev–Trinajstić information content (AvgIpc) is 2.80. The van der Waals surface area contributed by atoms with E-state index in [2.05, 4.69) is 12.2 Å². The van der Waals surface area contributed by atoms with Gasteiger partial charge in [-0.15, -0.1) is 37.3 Å². The first-order valence-corrected chi connectivity index (χ1v) is 9.20. The van der Waals surface area contributed by atoms with Crippen molar-refractivity contribution in [2.45, 2.75) is 44.6 Å². The molecule has 0 amide bonds. The summed E-state index contributed by atoms with van der Waals surface area (Å²) >= 11 is 2.03. The van der Waals surface area contributed by atoms with E-state index in [1.165, 1.54) is 19.3 Å². The zero-order chi connectivity index (χ0) is 10.6. The first-order valence-electron chi connectivity index (χ1n) is 5.18. The number of hydrogen-bond donors (Lipinski definition) is 0. The third kappa shape index (κ3) is 42.8. The monoisotopic (exact) mass is 403 g/mol. The molecule has 142 valence electrons. The molecule has 2 rings (SSSR count). The molecular formula is C17H39Cl2NSiTi-8. The van der Waals surface area contributed by atoms with Gasteiger partial charge in [0.2, 0.25) is 0 Å². The quantitative estimate of drug-likeness (QED) is 0.334. The third-order valence-electron chi connectivity index (χ3n) is 2.19. The summed E-state index contributed by atoms with van der Waals surface area (Å²) in [6, 6.07) is 0.286. The van der Waals surface area contributed by atoms with Gasteiger partial charge >= 0.3 is 26.8 Å². The van der Waals surface area contributed by atoms with Crippen molar-refractivity contribution in [2.75, 3.05) is 0 Å². The topological polar surface area (TPSA) is 23.8 Å². The molecule has 2 aliphatic carbocycles. The molecule has 0 saturated heterocycles. The van der Waals surface area contributed by atoms with Crippen LogP contribution >= 0.6 is 24.8 Å². The van der Waals surface area contributed by atoms with Gasteiger partial charge in [0, 0.05) is 0 Å². The molecule has 0 unspecified atom stereocenters. The zero-order valence-corrected chi connectivity index (χ0v) is 20.2. The molecule has 0 atom stereocenters. The molecule has 0 aromatic heterocycles. The van der Waals surface area contributed by atoms with E-state index < -0.39 is 0 Å². The predicted molar refractivity (Wildman–Crippen MR) is 114 cm³/mol. The van der Waals surface area contributed by atoms with E-state index in [9.17, 15) is 0 Å². The minimum atomic E-state index is 0. The van der Waals surface area contributed by atoms with Gasteiger partial charge in [-0.1, -0.05) is 32.1 Å². The summed E-state index contributed by atoms with van der Waals surface area (Å²) in [5.41, 5.74) is 7.27. The maximum atomic E-state index is 7.27. The second-order valence-electron chi connectivity index (χ2n) is 3.34. The maximum absolute atomic E-state index is 7.27. The van der Waals surface area contributed by atoms with Gasteiger partial charge in [-0.2, -0.15) is 6.08 Å². The van der Waals surface area contributed by atoms with Crippen LogP contribution in [0.15, 0.2) is 18.2 Å². The van der Waals surface area contributed by atoms with Crippen LogP contribution in [0, 0.1) is 50.6 Å². The van der Waals surface area contributed by atoms with Gasteiger partial charge in [-0.3, -0.25) is 6.08 Å². The Morgan fingerprint density at radius 2 is 1.27 bits per heavy atom. The van der Waals surface area contributed by atoms with Gasteiger partial charge in [-0.25, -0.2) is 12.2 Å². The van der Waals surface area contributed by atoms with Crippen LogP contribution in [0.1, 0.15) is 38.5 Å². The number of hydrogen-bond acceptors (Lipinski definition) is 0. The Morgan fingerprint density at radius 3 is 1.41 bits per heavy atom.